The SMILES string of the molecule is CCOc1cc(CNCC(O)c2ccccc2)cc(Cl)c1OCc1ccccc1F. The standard InChI is InChI=1S/C24H25ClFNO3/c1-2-29-23-13-17(14-27-15-22(28)18-8-4-3-5-9-18)12-20(25)24(23)30-16-19-10-6-7-11-21(19)26/h3-13,22,27-28H,2,14-16H2,1H3. The van der Waals surface area contributed by atoms with Crippen molar-refractivity contribution < 1.29 is 19.0 Å². The second-order valence-electron chi connectivity index (χ2n) is 6.78. The van der Waals surface area contributed by atoms with E-state index in [4.69, 9.17) is 21.1 Å². The fourth-order valence-corrected chi connectivity index (χ4v) is 3.33. The first-order valence-corrected chi connectivity index (χ1v) is 10.2. The fourth-order valence-electron chi connectivity index (χ4n) is 3.04. The molecule has 0 heterocycles. The Labute approximate surface area is 181 Å². The number of halogens is 2. The van der Waals surface area contributed by atoms with Crippen LogP contribution in [0, 0.1) is 5.82 Å². The fraction of sp³-hybridized carbons (Fsp3) is 0.250. The van der Waals surface area contributed by atoms with E-state index in [1.54, 1.807) is 24.3 Å². The molecule has 30 heavy (non-hydrogen) atoms. The molecule has 0 aliphatic carbocycles. The van der Waals surface area contributed by atoms with Crippen molar-refractivity contribution in [2.24, 2.45) is 0 Å². The van der Waals surface area contributed by atoms with Gasteiger partial charge in [-0.05, 0) is 36.2 Å². The van der Waals surface area contributed by atoms with Crippen LogP contribution in [0.25, 0.3) is 0 Å². The average molecular weight is 430 g/mol. The average Bonchev–Trinajstić information content (AvgIpc) is 2.75. The van der Waals surface area contributed by atoms with E-state index in [2.05, 4.69) is 5.32 Å². The number of hydrogen-bond donors (Lipinski definition) is 2. The predicted molar refractivity (Wildman–Crippen MR) is 116 cm³/mol. The summed E-state index contributed by atoms with van der Waals surface area (Å²) < 4.78 is 25.3. The lowest BCUT2D eigenvalue weighted by atomic mass is 10.1. The van der Waals surface area contributed by atoms with Gasteiger partial charge in [-0.3, -0.25) is 0 Å². The van der Waals surface area contributed by atoms with Gasteiger partial charge in [0.1, 0.15) is 12.4 Å². The Kier molecular flexibility index (Phi) is 8.08. The number of aliphatic hydroxyl groups excluding tert-OH is 1. The number of ether oxygens (including phenoxy) is 2. The van der Waals surface area contributed by atoms with Crippen LogP contribution >= 0.6 is 11.6 Å². The third kappa shape index (κ3) is 5.95. The van der Waals surface area contributed by atoms with E-state index < -0.39 is 6.10 Å². The Balaban J connectivity index is 1.65. The van der Waals surface area contributed by atoms with Gasteiger partial charge in [-0.2, -0.15) is 0 Å². The van der Waals surface area contributed by atoms with Crippen LogP contribution in [0.1, 0.15) is 29.7 Å². The Bertz CT molecular complexity index is 952. The first-order valence-electron chi connectivity index (χ1n) is 9.83. The number of hydrogen-bond acceptors (Lipinski definition) is 4. The molecule has 158 valence electrons. The number of benzene rings is 3. The molecule has 0 saturated carbocycles. The van der Waals surface area contributed by atoms with Gasteiger partial charge in [0.25, 0.3) is 0 Å². The zero-order valence-electron chi connectivity index (χ0n) is 16.8. The second kappa shape index (κ2) is 11.0. The minimum Gasteiger partial charge on any atom is -0.490 e. The summed E-state index contributed by atoms with van der Waals surface area (Å²) in [5, 5.41) is 13.9. The monoisotopic (exact) mass is 429 g/mol. The maximum atomic E-state index is 13.9. The van der Waals surface area contributed by atoms with E-state index in [0.29, 0.717) is 41.8 Å². The third-order valence-corrected chi connectivity index (χ3v) is 4.83. The van der Waals surface area contributed by atoms with Gasteiger partial charge >= 0.3 is 0 Å². The van der Waals surface area contributed by atoms with Gasteiger partial charge in [-0.15, -0.1) is 0 Å². The summed E-state index contributed by atoms with van der Waals surface area (Å²) in [5.41, 5.74) is 2.19. The highest BCUT2D eigenvalue weighted by Gasteiger charge is 2.14. The largest absolute Gasteiger partial charge is 0.490 e. The second-order valence-corrected chi connectivity index (χ2v) is 7.18. The van der Waals surface area contributed by atoms with Crippen molar-refractivity contribution in [1.82, 2.24) is 5.32 Å². The maximum Gasteiger partial charge on any atom is 0.180 e. The maximum absolute atomic E-state index is 13.9. The summed E-state index contributed by atoms with van der Waals surface area (Å²) in [7, 11) is 0. The normalized spacial score (nSPS) is 11.9. The van der Waals surface area contributed by atoms with Crippen LogP contribution in [-0.2, 0) is 13.2 Å². The summed E-state index contributed by atoms with van der Waals surface area (Å²) >= 11 is 6.44. The lowest BCUT2D eigenvalue weighted by Gasteiger charge is -2.16. The highest BCUT2D eigenvalue weighted by atomic mass is 35.5. The van der Waals surface area contributed by atoms with E-state index in [0.717, 1.165) is 11.1 Å². The molecule has 0 radical (unpaired) electrons. The van der Waals surface area contributed by atoms with Crippen LogP contribution in [0.5, 0.6) is 11.5 Å². The highest BCUT2D eigenvalue weighted by molar-refractivity contribution is 6.32. The van der Waals surface area contributed by atoms with E-state index in [1.807, 2.05) is 43.3 Å². The molecule has 1 unspecified atom stereocenters. The van der Waals surface area contributed by atoms with Gasteiger partial charge < -0.3 is 19.9 Å². The molecule has 0 fully saturated rings. The summed E-state index contributed by atoms with van der Waals surface area (Å²) in [6.07, 6.45) is -0.601. The first-order chi connectivity index (χ1) is 14.6. The molecule has 3 aromatic rings. The smallest absolute Gasteiger partial charge is 0.180 e. The van der Waals surface area contributed by atoms with Crippen LogP contribution < -0.4 is 14.8 Å². The van der Waals surface area contributed by atoms with Crippen molar-refractivity contribution in [1.29, 1.82) is 0 Å². The third-order valence-electron chi connectivity index (χ3n) is 4.55. The van der Waals surface area contributed by atoms with Crippen LogP contribution in [0.4, 0.5) is 4.39 Å². The molecule has 0 amide bonds. The van der Waals surface area contributed by atoms with Gasteiger partial charge in [0.15, 0.2) is 11.5 Å². The van der Waals surface area contributed by atoms with Crippen molar-refractivity contribution >= 4 is 11.6 Å². The lowest BCUT2D eigenvalue weighted by molar-refractivity contribution is 0.174. The minimum atomic E-state index is -0.601. The molecule has 0 bridgehead atoms. The van der Waals surface area contributed by atoms with E-state index in [-0.39, 0.29) is 12.4 Å². The minimum absolute atomic E-state index is 0.0489. The van der Waals surface area contributed by atoms with Gasteiger partial charge in [-0.1, -0.05) is 60.1 Å². The zero-order chi connectivity index (χ0) is 21.3. The molecule has 2 N–H and O–H groups in total. The van der Waals surface area contributed by atoms with E-state index >= 15 is 0 Å². The predicted octanol–water partition coefficient (Wildman–Crippen LogP) is 5.28. The molecule has 6 heteroatoms. The van der Waals surface area contributed by atoms with Crippen LogP contribution in [0.3, 0.4) is 0 Å². The number of nitrogens with one attached hydrogen (secondary N) is 1. The van der Waals surface area contributed by atoms with Crippen LogP contribution in [0.15, 0.2) is 66.7 Å². The van der Waals surface area contributed by atoms with Crippen molar-refractivity contribution in [2.75, 3.05) is 13.2 Å². The molecule has 0 aliphatic rings. The molecule has 0 aromatic heterocycles. The van der Waals surface area contributed by atoms with Crippen molar-refractivity contribution in [3.8, 4) is 11.5 Å². The Morgan fingerprint density at radius 3 is 2.50 bits per heavy atom. The van der Waals surface area contributed by atoms with Crippen LogP contribution in [-0.4, -0.2) is 18.3 Å². The molecule has 0 saturated heterocycles. The van der Waals surface area contributed by atoms with Crippen molar-refractivity contribution in [3.63, 3.8) is 0 Å². The zero-order valence-corrected chi connectivity index (χ0v) is 17.5. The molecule has 3 rings (SSSR count). The highest BCUT2D eigenvalue weighted by Crippen LogP contribution is 2.37. The molecule has 3 aromatic carbocycles. The van der Waals surface area contributed by atoms with Gasteiger partial charge in [-0.25, -0.2) is 4.39 Å². The molecule has 1 atom stereocenters. The summed E-state index contributed by atoms with van der Waals surface area (Å²) in [5.74, 6) is 0.556. The quantitative estimate of drug-likeness (QED) is 0.460. The summed E-state index contributed by atoms with van der Waals surface area (Å²) in [4.78, 5) is 0. The van der Waals surface area contributed by atoms with E-state index in [1.165, 1.54) is 6.07 Å². The van der Waals surface area contributed by atoms with Crippen molar-refractivity contribution in [3.05, 3.63) is 94.3 Å². The van der Waals surface area contributed by atoms with Crippen LogP contribution in [0.2, 0.25) is 5.02 Å². The van der Waals surface area contributed by atoms with Gasteiger partial charge in [0.2, 0.25) is 0 Å². The topological polar surface area (TPSA) is 50.7 Å². The summed E-state index contributed by atoms with van der Waals surface area (Å²) in [6.45, 7) is 3.26. The summed E-state index contributed by atoms with van der Waals surface area (Å²) in [6, 6.07) is 19.5. The van der Waals surface area contributed by atoms with Gasteiger partial charge in [0, 0.05) is 18.7 Å². The lowest BCUT2D eigenvalue weighted by Crippen LogP contribution is -2.21. The molecular formula is C24H25ClFNO3. The first kappa shape index (κ1) is 22.1. The molecule has 4 nitrogen and oxygen atoms in total. The van der Waals surface area contributed by atoms with E-state index in [9.17, 15) is 9.50 Å². The van der Waals surface area contributed by atoms with Crippen molar-refractivity contribution in [2.45, 2.75) is 26.2 Å². The van der Waals surface area contributed by atoms with Gasteiger partial charge in [0.05, 0.1) is 17.7 Å². The number of rotatable bonds is 10. The molecule has 0 spiro atoms. The molecule has 0 aliphatic heterocycles. The Morgan fingerprint density at radius 1 is 1.03 bits per heavy atom. The Morgan fingerprint density at radius 2 is 1.77 bits per heavy atom. The number of aliphatic hydroxyl groups is 1. The Hall–Kier alpha value is -2.60. The molecular weight excluding hydrogens is 405 g/mol.